The van der Waals surface area contributed by atoms with Crippen molar-refractivity contribution in [2.45, 2.75) is 46.5 Å². The molecule has 0 aromatic heterocycles. The highest BCUT2D eigenvalue weighted by Gasteiger charge is 2.37. The zero-order valence-corrected chi connectivity index (χ0v) is 15.6. The number of Topliss-reactive ketones (excluding diaryl/α,β-unsaturated/α-hetero) is 1. The minimum atomic E-state index is -0.300. The van der Waals surface area contributed by atoms with Gasteiger partial charge in [-0.25, -0.2) is 0 Å². The number of fused-ring (bicyclic) bond motifs is 1. The van der Waals surface area contributed by atoms with Gasteiger partial charge in [0, 0.05) is 31.1 Å². The summed E-state index contributed by atoms with van der Waals surface area (Å²) >= 11 is 0. The lowest BCUT2D eigenvalue weighted by atomic mass is 9.88. The summed E-state index contributed by atoms with van der Waals surface area (Å²) in [4.78, 5) is 30.6. The first-order valence-electron chi connectivity index (χ1n) is 9.15. The topological polar surface area (TPSA) is 65.5 Å². The van der Waals surface area contributed by atoms with Gasteiger partial charge in [-0.05, 0) is 32.4 Å². The number of rotatable bonds is 6. The van der Waals surface area contributed by atoms with Crippen molar-refractivity contribution in [2.24, 2.45) is 0 Å². The van der Waals surface area contributed by atoms with Gasteiger partial charge in [-0.15, -0.1) is 0 Å². The number of ketones is 2. The largest absolute Gasteiger partial charge is 0.412 e. The van der Waals surface area contributed by atoms with Crippen molar-refractivity contribution in [1.29, 1.82) is 5.39 Å². The average molecular weight is 350 g/mol. The summed E-state index contributed by atoms with van der Waals surface area (Å²) in [6, 6.07) is 3.23. The lowest BCUT2D eigenvalue weighted by Gasteiger charge is -2.25. The number of hydrogen-bond acceptors (Lipinski definition) is 4. The van der Waals surface area contributed by atoms with Crippen molar-refractivity contribution in [3.8, 4) is 11.8 Å². The molecule has 0 unspecified atom stereocenters. The Morgan fingerprint density at radius 2 is 1.85 bits per heavy atom. The molecule has 1 aliphatic carbocycles. The lowest BCUT2D eigenvalue weighted by molar-refractivity contribution is 0.0954. The van der Waals surface area contributed by atoms with E-state index in [2.05, 4.69) is 23.7 Å². The lowest BCUT2D eigenvalue weighted by Crippen LogP contribution is -2.31. The molecule has 1 aliphatic rings. The van der Waals surface area contributed by atoms with Crippen LogP contribution in [-0.4, -0.2) is 29.6 Å². The van der Waals surface area contributed by atoms with Crippen LogP contribution in [0.3, 0.4) is 0 Å². The molecule has 5 heteroatoms. The first-order chi connectivity index (χ1) is 12.6. The molecule has 0 bridgehead atoms. The molecule has 134 valence electrons. The van der Waals surface area contributed by atoms with Crippen LogP contribution in [0.4, 0.5) is 5.69 Å². The zero-order valence-electron chi connectivity index (χ0n) is 15.6. The maximum absolute atomic E-state index is 13.0. The third-order valence-electron chi connectivity index (χ3n) is 4.50. The van der Waals surface area contributed by atoms with Gasteiger partial charge in [0.05, 0.1) is 5.70 Å². The molecule has 0 saturated carbocycles. The molecule has 0 N–H and O–H groups in total. The standard InChI is InChI=1S/C21H24N3O2/c1-4-7-8-9-10-11-15-12-13-16-18(25)14-17(24(5-2)6-3)21(26)19(16)20(15)23-22/h12-14H,4-9H2,1-3H3/q+1. The van der Waals surface area contributed by atoms with E-state index < -0.39 is 0 Å². The number of allylic oxidation sites excluding steroid dienone is 2. The fourth-order valence-electron chi connectivity index (χ4n) is 3.05. The Kier molecular flexibility index (Phi) is 6.69. The number of diazo groups is 1. The highest BCUT2D eigenvalue weighted by atomic mass is 16.1. The Bertz CT molecular complexity index is 846. The molecular weight excluding hydrogens is 326 g/mol. The van der Waals surface area contributed by atoms with E-state index in [1.165, 1.54) is 6.08 Å². The molecule has 0 amide bonds. The second-order valence-corrected chi connectivity index (χ2v) is 6.14. The number of carbonyl (C=O) groups excluding carboxylic acids is 2. The molecular formula is C21H24N3O2+. The molecule has 0 saturated heterocycles. The Morgan fingerprint density at radius 1 is 1.12 bits per heavy atom. The van der Waals surface area contributed by atoms with Crippen LogP contribution in [0.15, 0.2) is 23.9 Å². The Balaban J connectivity index is 2.47. The van der Waals surface area contributed by atoms with E-state index in [1.54, 1.807) is 12.1 Å². The van der Waals surface area contributed by atoms with E-state index in [9.17, 15) is 15.0 Å². The molecule has 1 aromatic rings. The van der Waals surface area contributed by atoms with Gasteiger partial charge < -0.3 is 4.90 Å². The van der Waals surface area contributed by atoms with Crippen molar-refractivity contribution >= 4 is 17.3 Å². The number of nitrogens with zero attached hydrogens (tertiary/aromatic N) is 3. The number of carbonyl (C=O) groups is 2. The third kappa shape index (κ3) is 3.83. The normalized spacial score (nSPS) is 12.6. The van der Waals surface area contributed by atoms with Crippen LogP contribution in [-0.2, 0) is 0 Å². The number of likely N-dealkylation sites (N-methyl/N-ethyl adjacent to an activating group) is 1. The van der Waals surface area contributed by atoms with Gasteiger partial charge in [0.2, 0.25) is 11.2 Å². The van der Waals surface area contributed by atoms with E-state index in [1.807, 2.05) is 18.7 Å². The van der Waals surface area contributed by atoms with Crippen LogP contribution in [0.25, 0.3) is 4.98 Å². The molecule has 0 spiro atoms. The van der Waals surface area contributed by atoms with Crippen molar-refractivity contribution < 1.29 is 9.59 Å². The van der Waals surface area contributed by atoms with Crippen LogP contribution in [0.5, 0.6) is 0 Å². The van der Waals surface area contributed by atoms with Gasteiger partial charge in [0.25, 0.3) is 0 Å². The van der Waals surface area contributed by atoms with Crippen molar-refractivity contribution in [3.05, 3.63) is 45.6 Å². The van der Waals surface area contributed by atoms with Crippen LogP contribution in [0, 0.1) is 17.2 Å². The van der Waals surface area contributed by atoms with E-state index in [0.29, 0.717) is 24.4 Å². The van der Waals surface area contributed by atoms with E-state index in [4.69, 9.17) is 0 Å². The van der Waals surface area contributed by atoms with Crippen molar-refractivity contribution in [3.63, 3.8) is 0 Å². The molecule has 0 fully saturated rings. The molecule has 5 nitrogen and oxygen atoms in total. The predicted octanol–water partition coefficient (Wildman–Crippen LogP) is 4.71. The summed E-state index contributed by atoms with van der Waals surface area (Å²) in [6.07, 6.45) is 5.35. The van der Waals surface area contributed by atoms with Gasteiger partial charge in [0.1, 0.15) is 11.1 Å². The average Bonchev–Trinajstić information content (AvgIpc) is 2.65. The van der Waals surface area contributed by atoms with Gasteiger partial charge in [-0.2, -0.15) is 0 Å². The summed E-state index contributed by atoms with van der Waals surface area (Å²) in [6.45, 7) is 7.20. The Labute approximate surface area is 154 Å². The summed E-state index contributed by atoms with van der Waals surface area (Å²) in [7, 11) is 0. The SMILES string of the molecule is CCCCCC#Cc1ccc2c(c1[N+]#N)C(=O)C(N(CC)CC)=CC2=O. The fraction of sp³-hybridized carbons (Fsp3) is 0.429. The second kappa shape index (κ2) is 8.97. The summed E-state index contributed by atoms with van der Waals surface area (Å²) < 4.78 is 0. The smallest absolute Gasteiger partial charge is 0.369 e. The highest BCUT2D eigenvalue weighted by molar-refractivity contribution is 6.26. The molecule has 0 atom stereocenters. The fourth-order valence-corrected chi connectivity index (χ4v) is 3.05. The number of hydrogen-bond donors (Lipinski definition) is 0. The van der Waals surface area contributed by atoms with Gasteiger partial charge >= 0.3 is 5.69 Å². The summed E-state index contributed by atoms with van der Waals surface area (Å²) in [5.74, 6) is 5.48. The predicted molar refractivity (Wildman–Crippen MR) is 102 cm³/mol. The number of unbranched alkanes of at least 4 members (excludes halogenated alkanes) is 3. The van der Waals surface area contributed by atoms with Gasteiger partial charge in [-0.3, -0.25) is 9.59 Å². The first-order valence-corrected chi connectivity index (χ1v) is 9.15. The molecule has 26 heavy (non-hydrogen) atoms. The third-order valence-corrected chi connectivity index (χ3v) is 4.50. The van der Waals surface area contributed by atoms with Crippen LogP contribution in [0.2, 0.25) is 0 Å². The molecule has 1 aromatic carbocycles. The molecule has 0 aliphatic heterocycles. The number of benzene rings is 1. The van der Waals surface area contributed by atoms with E-state index in [0.717, 1.165) is 25.7 Å². The molecule has 0 heterocycles. The van der Waals surface area contributed by atoms with Crippen molar-refractivity contribution in [2.75, 3.05) is 13.1 Å². The van der Waals surface area contributed by atoms with E-state index in [-0.39, 0.29) is 28.4 Å². The van der Waals surface area contributed by atoms with Crippen molar-refractivity contribution in [1.82, 2.24) is 4.90 Å². The maximum atomic E-state index is 13.0. The minimum Gasteiger partial charge on any atom is -0.369 e. The monoisotopic (exact) mass is 350 g/mol. The van der Waals surface area contributed by atoms with Crippen LogP contribution < -0.4 is 0 Å². The van der Waals surface area contributed by atoms with E-state index >= 15 is 0 Å². The molecule has 0 radical (unpaired) electrons. The Hall–Kier alpha value is -2.92. The minimum absolute atomic E-state index is 0.0848. The maximum Gasteiger partial charge on any atom is 0.412 e. The first kappa shape index (κ1) is 19.4. The zero-order chi connectivity index (χ0) is 19.1. The van der Waals surface area contributed by atoms with Crippen LogP contribution in [0.1, 0.15) is 72.7 Å². The Morgan fingerprint density at radius 3 is 2.46 bits per heavy atom. The quantitative estimate of drug-likeness (QED) is 0.423. The van der Waals surface area contributed by atoms with Gasteiger partial charge in [-0.1, -0.05) is 31.6 Å². The molecule has 2 rings (SSSR count). The van der Waals surface area contributed by atoms with Gasteiger partial charge in [0.15, 0.2) is 10.8 Å². The summed E-state index contributed by atoms with van der Waals surface area (Å²) in [5.41, 5.74) is 1.29. The van der Waals surface area contributed by atoms with Crippen LogP contribution >= 0.6 is 0 Å². The highest BCUT2D eigenvalue weighted by Crippen LogP contribution is 2.33. The second-order valence-electron chi connectivity index (χ2n) is 6.14. The summed E-state index contributed by atoms with van der Waals surface area (Å²) in [5, 5.41) is 9.52.